The van der Waals surface area contributed by atoms with Gasteiger partial charge in [-0.15, -0.1) is 0 Å². The van der Waals surface area contributed by atoms with Crippen LogP contribution in [0.5, 0.6) is 0 Å². The van der Waals surface area contributed by atoms with Gasteiger partial charge < -0.3 is 5.32 Å². The van der Waals surface area contributed by atoms with E-state index in [0.717, 1.165) is 0 Å². The molecule has 0 aromatic heterocycles. The number of halogens is 2. The molecule has 1 aliphatic rings. The molecule has 0 fully saturated rings. The van der Waals surface area contributed by atoms with Gasteiger partial charge >= 0.3 is 0 Å². The highest BCUT2D eigenvalue weighted by atomic mass is 79.9. The minimum Gasteiger partial charge on any atom is -0.326 e. The fourth-order valence-corrected chi connectivity index (χ4v) is 2.33. The van der Waals surface area contributed by atoms with Crippen LogP contribution in [-0.2, 0) is 10.2 Å². The number of benzene rings is 1. The lowest BCUT2D eigenvalue weighted by atomic mass is 9.78. The van der Waals surface area contributed by atoms with Crippen molar-refractivity contribution in [1.29, 1.82) is 0 Å². The van der Waals surface area contributed by atoms with Crippen LogP contribution in [0, 0.1) is 5.82 Å². The first kappa shape index (κ1) is 10.6. The minimum absolute atomic E-state index is 0.0609. The third-order valence-corrected chi connectivity index (χ3v) is 3.26. The molecule has 0 saturated heterocycles. The number of rotatable bonds is 0. The van der Waals surface area contributed by atoms with Gasteiger partial charge in [-0.05, 0) is 28.1 Å². The first-order valence-electron chi connectivity index (χ1n) is 4.70. The Kier molecular flexibility index (Phi) is 2.34. The molecule has 1 aromatic carbocycles. The molecule has 1 aliphatic heterocycles. The maximum absolute atomic E-state index is 13.9. The summed E-state index contributed by atoms with van der Waals surface area (Å²) in [4.78, 5) is 11.4. The second-order valence-electron chi connectivity index (χ2n) is 4.39. The quantitative estimate of drug-likeness (QED) is 0.772. The van der Waals surface area contributed by atoms with Gasteiger partial charge in [-0.3, -0.25) is 4.79 Å². The van der Waals surface area contributed by atoms with E-state index in [2.05, 4.69) is 21.2 Å². The summed E-state index contributed by atoms with van der Waals surface area (Å²) in [5.41, 5.74) is 0.708. The van der Waals surface area contributed by atoms with Crippen LogP contribution < -0.4 is 5.32 Å². The van der Waals surface area contributed by atoms with Crippen molar-refractivity contribution in [2.24, 2.45) is 0 Å². The van der Waals surface area contributed by atoms with Crippen LogP contribution in [0.25, 0.3) is 0 Å². The maximum Gasteiger partial charge on any atom is 0.225 e. The Balaban J connectivity index is 2.68. The molecule has 1 N–H and O–H groups in total. The van der Waals surface area contributed by atoms with Gasteiger partial charge in [-0.25, -0.2) is 4.39 Å². The standard InChI is InChI=1S/C11H11BrFNO/c1-11(2)5-8(15)14-7-4-3-6(12)10(13)9(7)11/h3-4H,5H2,1-2H3,(H,14,15). The number of nitrogens with one attached hydrogen (secondary N) is 1. The van der Waals surface area contributed by atoms with Crippen molar-refractivity contribution in [1.82, 2.24) is 0 Å². The van der Waals surface area contributed by atoms with Crippen LogP contribution in [0.4, 0.5) is 10.1 Å². The Labute approximate surface area is 96.0 Å². The lowest BCUT2D eigenvalue weighted by Crippen LogP contribution is -2.33. The number of carbonyl (C=O) groups is 1. The van der Waals surface area contributed by atoms with E-state index in [4.69, 9.17) is 0 Å². The molecule has 1 amide bonds. The van der Waals surface area contributed by atoms with Crippen molar-refractivity contribution < 1.29 is 9.18 Å². The van der Waals surface area contributed by atoms with Gasteiger partial charge in [0.25, 0.3) is 0 Å². The number of hydrogen-bond donors (Lipinski definition) is 1. The molecule has 0 radical (unpaired) electrons. The fraction of sp³-hybridized carbons (Fsp3) is 0.364. The number of amides is 1. The topological polar surface area (TPSA) is 29.1 Å². The molecular weight excluding hydrogens is 261 g/mol. The lowest BCUT2D eigenvalue weighted by Gasteiger charge is -2.32. The van der Waals surface area contributed by atoms with Gasteiger partial charge in [0.1, 0.15) is 5.82 Å². The second kappa shape index (κ2) is 3.30. The molecule has 2 nitrogen and oxygen atoms in total. The van der Waals surface area contributed by atoms with Crippen LogP contribution in [0.15, 0.2) is 16.6 Å². The Bertz CT molecular complexity index is 442. The Morgan fingerprint density at radius 1 is 1.47 bits per heavy atom. The van der Waals surface area contributed by atoms with Crippen LogP contribution >= 0.6 is 15.9 Å². The zero-order valence-corrected chi connectivity index (χ0v) is 10.1. The number of carbonyl (C=O) groups excluding carboxylic acids is 1. The monoisotopic (exact) mass is 271 g/mol. The van der Waals surface area contributed by atoms with Gasteiger partial charge in [0.2, 0.25) is 5.91 Å². The molecule has 15 heavy (non-hydrogen) atoms. The van der Waals surface area contributed by atoms with E-state index in [1.54, 1.807) is 12.1 Å². The molecule has 0 aliphatic carbocycles. The van der Waals surface area contributed by atoms with E-state index < -0.39 is 5.41 Å². The molecule has 0 saturated carbocycles. The van der Waals surface area contributed by atoms with Crippen molar-refractivity contribution in [3.05, 3.63) is 28.0 Å². The average Bonchev–Trinajstić information content (AvgIpc) is 2.08. The molecule has 4 heteroatoms. The van der Waals surface area contributed by atoms with Crippen molar-refractivity contribution in [2.75, 3.05) is 5.32 Å². The largest absolute Gasteiger partial charge is 0.326 e. The van der Waals surface area contributed by atoms with E-state index in [-0.39, 0.29) is 11.7 Å². The molecule has 2 rings (SSSR count). The third-order valence-electron chi connectivity index (χ3n) is 2.65. The summed E-state index contributed by atoms with van der Waals surface area (Å²) < 4.78 is 14.3. The van der Waals surface area contributed by atoms with Crippen molar-refractivity contribution >= 4 is 27.5 Å². The zero-order chi connectivity index (χ0) is 11.2. The third kappa shape index (κ3) is 1.67. The summed E-state index contributed by atoms with van der Waals surface area (Å²) in [6, 6.07) is 3.33. The van der Waals surface area contributed by atoms with Gasteiger partial charge in [0.15, 0.2) is 0 Å². The summed E-state index contributed by atoms with van der Waals surface area (Å²) in [5, 5.41) is 2.68. The second-order valence-corrected chi connectivity index (χ2v) is 5.25. The molecule has 1 aromatic rings. The average molecular weight is 272 g/mol. The fourth-order valence-electron chi connectivity index (χ4n) is 2.00. The molecule has 0 atom stereocenters. The SMILES string of the molecule is CC1(C)CC(=O)Nc2ccc(Br)c(F)c21. The zero-order valence-electron chi connectivity index (χ0n) is 8.53. The smallest absolute Gasteiger partial charge is 0.225 e. The summed E-state index contributed by atoms with van der Waals surface area (Å²) >= 11 is 3.15. The van der Waals surface area contributed by atoms with E-state index in [0.29, 0.717) is 22.1 Å². The first-order valence-corrected chi connectivity index (χ1v) is 5.49. The van der Waals surface area contributed by atoms with Crippen LogP contribution in [0.1, 0.15) is 25.8 Å². The van der Waals surface area contributed by atoms with Crippen molar-refractivity contribution in [3.8, 4) is 0 Å². The maximum atomic E-state index is 13.9. The molecule has 0 unspecified atom stereocenters. The van der Waals surface area contributed by atoms with Crippen LogP contribution in [0.3, 0.4) is 0 Å². The Morgan fingerprint density at radius 3 is 2.80 bits per heavy atom. The summed E-state index contributed by atoms with van der Waals surface area (Å²) in [7, 11) is 0. The van der Waals surface area contributed by atoms with Crippen molar-refractivity contribution in [3.63, 3.8) is 0 Å². The highest BCUT2D eigenvalue weighted by Gasteiger charge is 2.35. The van der Waals surface area contributed by atoms with Crippen LogP contribution in [0.2, 0.25) is 0 Å². The molecule has 1 heterocycles. The van der Waals surface area contributed by atoms with Gasteiger partial charge in [0, 0.05) is 23.1 Å². The molecule has 0 bridgehead atoms. The summed E-state index contributed by atoms with van der Waals surface area (Å²) in [5.74, 6) is -0.341. The number of anilines is 1. The van der Waals surface area contributed by atoms with Crippen molar-refractivity contribution in [2.45, 2.75) is 25.7 Å². The van der Waals surface area contributed by atoms with E-state index in [9.17, 15) is 9.18 Å². The summed E-state index contributed by atoms with van der Waals surface area (Å²) in [6.45, 7) is 3.75. The van der Waals surface area contributed by atoms with E-state index in [1.807, 2.05) is 13.8 Å². The number of hydrogen-bond acceptors (Lipinski definition) is 1. The van der Waals surface area contributed by atoms with Crippen LogP contribution in [-0.4, -0.2) is 5.91 Å². The molecule has 0 spiro atoms. The lowest BCUT2D eigenvalue weighted by molar-refractivity contribution is -0.117. The highest BCUT2D eigenvalue weighted by molar-refractivity contribution is 9.10. The van der Waals surface area contributed by atoms with E-state index in [1.165, 1.54) is 0 Å². The molecule has 80 valence electrons. The van der Waals surface area contributed by atoms with Gasteiger partial charge in [0.05, 0.1) is 4.47 Å². The Hall–Kier alpha value is -0.900. The van der Waals surface area contributed by atoms with Gasteiger partial charge in [-0.1, -0.05) is 13.8 Å². The predicted octanol–water partition coefficient (Wildman–Crippen LogP) is 3.21. The Morgan fingerprint density at radius 2 is 2.13 bits per heavy atom. The summed E-state index contributed by atoms with van der Waals surface area (Å²) in [6.07, 6.45) is 0.313. The number of fused-ring (bicyclic) bond motifs is 1. The first-order chi connectivity index (χ1) is 6.92. The predicted molar refractivity (Wildman–Crippen MR) is 60.4 cm³/mol. The minimum atomic E-state index is -0.453. The normalized spacial score (nSPS) is 18.3. The highest BCUT2D eigenvalue weighted by Crippen LogP contribution is 2.40. The van der Waals surface area contributed by atoms with E-state index >= 15 is 0 Å². The molecular formula is C11H11BrFNO. The van der Waals surface area contributed by atoms with Gasteiger partial charge in [-0.2, -0.15) is 0 Å².